The van der Waals surface area contributed by atoms with Crippen LogP contribution in [0, 0.1) is 0 Å². The van der Waals surface area contributed by atoms with Crippen molar-refractivity contribution in [1.82, 2.24) is 21.3 Å². The Bertz CT molecular complexity index is 3790. The molecule has 61 heteroatoms. The molecule has 10 aliphatic rings. The highest BCUT2D eigenvalue weighted by Crippen LogP contribution is 2.45. The summed E-state index contributed by atoms with van der Waals surface area (Å²) in [7, 11) is 0. The zero-order valence-electron chi connectivity index (χ0n) is 71.9. The van der Waals surface area contributed by atoms with Gasteiger partial charge in [-0.2, -0.15) is 0 Å². The van der Waals surface area contributed by atoms with Crippen molar-refractivity contribution in [3.8, 4) is 0 Å². The van der Waals surface area contributed by atoms with Gasteiger partial charge in [-0.25, -0.2) is 9.59 Å². The number of aliphatic carboxylic acids is 2. The normalized spacial score (nSPS) is 47.0. The number of carboxylic acid groups (broad SMARTS) is 2. The Hall–Kier alpha value is -5.14. The lowest BCUT2D eigenvalue weighted by Crippen LogP contribution is -2.71. The van der Waals surface area contributed by atoms with E-state index in [1.165, 1.54) is 0 Å². The Kier molecular flexibility index (Phi) is 39.6. The highest BCUT2D eigenvalue weighted by Gasteiger charge is 2.66. The number of aliphatic hydroxyl groups excluding tert-OH is 30. The number of rotatable bonds is 38. The highest BCUT2D eigenvalue weighted by atomic mass is 16.8. The molecule has 4 amide bonds. The number of ether oxygens (including phenoxy) is 19. The molecule has 0 aromatic heterocycles. The Morgan fingerprint density at radius 1 is 0.289 bits per heavy atom. The molecule has 0 aromatic rings. The van der Waals surface area contributed by atoms with Gasteiger partial charge in [0.15, 0.2) is 50.3 Å². The van der Waals surface area contributed by atoms with Crippen LogP contribution in [0.1, 0.15) is 40.5 Å². The van der Waals surface area contributed by atoms with Gasteiger partial charge in [-0.3, -0.25) is 19.2 Å². The van der Waals surface area contributed by atoms with Crippen molar-refractivity contribution in [2.45, 2.75) is 359 Å². The third-order valence-corrected chi connectivity index (χ3v) is 24.4. The van der Waals surface area contributed by atoms with Gasteiger partial charge in [-0.15, -0.1) is 0 Å². The Morgan fingerprint density at radius 3 is 0.874 bits per heavy atom. The average molecular weight is 1980 g/mol. The van der Waals surface area contributed by atoms with E-state index in [1.807, 2.05) is 0 Å². The first-order chi connectivity index (χ1) is 63.6. The van der Waals surface area contributed by atoms with Gasteiger partial charge in [0.05, 0.1) is 90.4 Å². The molecule has 0 aliphatic carbocycles. The Labute approximate surface area is 761 Å². The van der Waals surface area contributed by atoms with E-state index in [0.29, 0.717) is 0 Å². The number of hydrogen-bond acceptors (Lipinski definition) is 55. The highest BCUT2D eigenvalue weighted by molar-refractivity contribution is 5.78. The molecule has 52 atom stereocenters. The molecule has 0 saturated carbocycles. The van der Waals surface area contributed by atoms with Crippen molar-refractivity contribution >= 4 is 35.6 Å². The van der Waals surface area contributed by atoms with Crippen molar-refractivity contribution in [2.75, 3.05) is 66.1 Å². The SMILES string of the molecule is CC(=O)N[C@H]1[C@H](O[C@@H]2[C@@H](O)[C@H](O)O[C@H](CO)[C@@H]2O[C@@H]2O[C@H](CO)[C@@H](O[C@@H]3O[C@H](CO)[C@H](O[C@@H]4O[C@H](CO)[C@@H](O)[C@H](O)[C@H]4O)[C@H](O[C@@H]4O[C@H](CO)[C@@H](O[C@@H]5O[C@H](CO)[C@H](O)[C@H](O[C@]6(C(=O)O)C[C@H](O)[C@@H](NC(C)=O)[C@H]([C@H](O)[C@H](O)CO)O6)[C@H]5O)[C@H](O)[C@H]4NC(C)=O)[C@H]3O)[C@H](O)[C@H]2O)O[C@H](CO)[C@@H](O[C@@H]2O[C@H](CO)[C@H](O)[C@H](O[C@]3(C(=O)O)C[C@H](O)[C@@H](NC(C)=O)[C@H]([C@H](O)[C@H](O)CO)O3)[C@H]2O)[C@@H]1O. The maximum Gasteiger partial charge on any atom is 0.364 e. The predicted molar refractivity (Wildman–Crippen MR) is 410 cm³/mol. The summed E-state index contributed by atoms with van der Waals surface area (Å²) in [6.07, 6.45) is -107. The first-order valence-electron chi connectivity index (χ1n) is 42.4. The second-order valence-electron chi connectivity index (χ2n) is 33.8. The summed E-state index contributed by atoms with van der Waals surface area (Å²) in [6.45, 7) is -8.97. The Morgan fingerprint density at radius 2 is 0.548 bits per heavy atom. The predicted octanol–water partition coefficient (Wildman–Crippen LogP) is -23.8. The van der Waals surface area contributed by atoms with E-state index in [1.54, 1.807) is 0 Å². The lowest BCUT2D eigenvalue weighted by molar-refractivity contribution is -0.406. The second kappa shape index (κ2) is 47.8. The number of nitrogens with one attached hydrogen (secondary N) is 4. The Balaban J connectivity index is 0.893. The molecule has 0 bridgehead atoms. The van der Waals surface area contributed by atoms with Gasteiger partial charge in [0.2, 0.25) is 23.6 Å². The summed E-state index contributed by atoms with van der Waals surface area (Å²) in [5, 5.41) is 366. The van der Waals surface area contributed by atoms with Crippen LogP contribution in [-0.2, 0) is 119 Å². The monoisotopic (exact) mass is 1980 g/mol. The van der Waals surface area contributed by atoms with Crippen molar-refractivity contribution in [2.24, 2.45) is 0 Å². The van der Waals surface area contributed by atoms with Crippen LogP contribution in [0.5, 0.6) is 0 Å². The molecule has 135 heavy (non-hydrogen) atoms. The molecule has 0 radical (unpaired) electrons. The first-order valence-corrected chi connectivity index (χ1v) is 42.4. The van der Waals surface area contributed by atoms with E-state index in [0.717, 1.165) is 27.7 Å². The maximum absolute atomic E-state index is 13.3. The van der Waals surface area contributed by atoms with Crippen LogP contribution >= 0.6 is 0 Å². The summed E-state index contributed by atoms with van der Waals surface area (Å²) in [4.78, 5) is 77.4. The van der Waals surface area contributed by atoms with E-state index in [2.05, 4.69) is 21.3 Å². The quantitative estimate of drug-likeness (QED) is 0.0273. The molecule has 0 spiro atoms. The van der Waals surface area contributed by atoms with E-state index < -0.39 is 432 Å². The van der Waals surface area contributed by atoms with E-state index >= 15 is 0 Å². The van der Waals surface area contributed by atoms with Gasteiger partial charge >= 0.3 is 11.9 Å². The lowest BCUT2D eigenvalue weighted by Gasteiger charge is -2.52. The minimum Gasteiger partial charge on any atom is -0.477 e. The molecule has 10 saturated heterocycles. The number of aliphatic hydroxyl groups is 30. The molecule has 36 N–H and O–H groups in total. The van der Waals surface area contributed by atoms with E-state index in [-0.39, 0.29) is 0 Å². The average Bonchev–Trinajstić information content (AvgIpc) is 0.770. The summed E-state index contributed by atoms with van der Waals surface area (Å²) >= 11 is 0. The molecule has 10 aliphatic heterocycles. The van der Waals surface area contributed by atoms with Crippen molar-refractivity contribution in [3.05, 3.63) is 0 Å². The van der Waals surface area contributed by atoms with Crippen molar-refractivity contribution in [3.63, 3.8) is 0 Å². The van der Waals surface area contributed by atoms with Gasteiger partial charge in [0.25, 0.3) is 11.6 Å². The standard InChI is InChI=1S/C74H122N4O57/c1-17(89)75-33-21(93)5-73(71(113)114,132-57(33)37(97)23(95)7-79)134-59-40(100)26(10-82)119-68(49(59)109)125-52-28(12-84)121-64(35(42(52)102)77-19(3)91)130-61-48(108)63(112)117-31(15-87)55(61)128-67-47(107)45(105)54(30(14-86)123-67)127-70-51(111)62(56(32(16-88)124-70)129-66-46(106)44(104)39(99)25(9-81)118-66)131-65-36(78-20(4)92)43(103)53(29(13-85)122-65)126-69-50(110)60(41(101)27(11-83)120-69)135-74(72(115)116)6-22(94)34(76-18(2)90)58(133-74)38(98)24(96)8-80/h21-70,79-88,93-112H,5-16H2,1-4H3,(H,75,89)(H,76,90)(H,77,91)(H,78,92)(H,113,114)(H,115,116)/t21-,22-,23+,24+,25+,26+,27+,28+,29+,30+,31+,32+,33+,34+,35+,36+,37+,38+,39+,40-,41-,42+,43+,44-,45+,46+,47+,48+,49+,50+,51+,52+,53+,54+,55-,56-,57+,58+,59-,60-,61+,62+,63+,64-,65-,66-,67-,68-,69-,70-,73-,74-/m0/s1. The summed E-state index contributed by atoms with van der Waals surface area (Å²) in [6, 6.07) is -7.77. The van der Waals surface area contributed by atoms with E-state index in [4.69, 9.17) is 90.0 Å². The van der Waals surface area contributed by atoms with Crippen molar-refractivity contribution in [1.29, 1.82) is 0 Å². The van der Waals surface area contributed by atoms with Gasteiger partial charge in [-0.05, 0) is 0 Å². The molecule has 10 fully saturated rings. The van der Waals surface area contributed by atoms with Gasteiger partial charge in [-0.1, -0.05) is 0 Å². The molecule has 61 nitrogen and oxygen atoms in total. The lowest BCUT2D eigenvalue weighted by atomic mass is 9.88. The molecule has 10 heterocycles. The zero-order chi connectivity index (χ0) is 100. The van der Waals surface area contributed by atoms with Crippen LogP contribution in [0.4, 0.5) is 0 Å². The molecular formula is C74H122N4O57. The number of carbonyl (C=O) groups excluding carboxylic acids is 4. The van der Waals surface area contributed by atoms with Gasteiger partial charge in [0.1, 0.15) is 232 Å². The fraction of sp³-hybridized carbons (Fsp3) is 0.919. The van der Waals surface area contributed by atoms with Crippen LogP contribution in [0.3, 0.4) is 0 Å². The molecule has 10 rings (SSSR count). The van der Waals surface area contributed by atoms with E-state index in [9.17, 15) is 192 Å². The van der Waals surface area contributed by atoms with Crippen LogP contribution in [0.25, 0.3) is 0 Å². The van der Waals surface area contributed by atoms with Gasteiger partial charge in [0, 0.05) is 40.5 Å². The molecule has 780 valence electrons. The smallest absolute Gasteiger partial charge is 0.364 e. The molecule has 0 aromatic carbocycles. The first kappa shape index (κ1) is 112. The molecular weight excluding hydrogens is 1860 g/mol. The number of amides is 4. The fourth-order valence-corrected chi connectivity index (χ4v) is 17.5. The molecule has 0 unspecified atom stereocenters. The number of carboxylic acids is 2. The third-order valence-electron chi connectivity index (χ3n) is 24.4. The third kappa shape index (κ3) is 24.2. The number of carbonyl (C=O) groups is 6. The van der Waals surface area contributed by atoms with Crippen LogP contribution < -0.4 is 21.3 Å². The van der Waals surface area contributed by atoms with Crippen LogP contribution in [0.2, 0.25) is 0 Å². The van der Waals surface area contributed by atoms with Crippen LogP contribution in [-0.4, -0.2) is 583 Å². The fourth-order valence-electron chi connectivity index (χ4n) is 17.5. The minimum absolute atomic E-state index is 0.846. The largest absolute Gasteiger partial charge is 0.477 e. The van der Waals surface area contributed by atoms with Gasteiger partial charge < -0.3 is 275 Å². The topological polar surface area (TPSA) is 973 Å². The number of hydrogen-bond donors (Lipinski definition) is 36. The zero-order valence-corrected chi connectivity index (χ0v) is 71.9. The maximum atomic E-state index is 13.3. The van der Waals surface area contributed by atoms with Crippen LogP contribution in [0.15, 0.2) is 0 Å². The second-order valence-corrected chi connectivity index (χ2v) is 33.8. The minimum atomic E-state index is -3.33. The summed E-state index contributed by atoms with van der Waals surface area (Å²) in [5.41, 5.74) is 0. The summed E-state index contributed by atoms with van der Waals surface area (Å²) < 4.78 is 111. The summed E-state index contributed by atoms with van der Waals surface area (Å²) in [5.74, 6) is -14.9. The van der Waals surface area contributed by atoms with Crippen molar-refractivity contribution < 1.29 is 282 Å².